The molecule has 1 aliphatic heterocycles. The van der Waals surface area contributed by atoms with Gasteiger partial charge < -0.3 is 9.47 Å². The third kappa shape index (κ3) is 4.03. The van der Waals surface area contributed by atoms with Crippen molar-refractivity contribution in [3.63, 3.8) is 0 Å². The Labute approximate surface area is 166 Å². The Kier molecular flexibility index (Phi) is 6.65. The third-order valence-corrected chi connectivity index (χ3v) is 5.38. The van der Waals surface area contributed by atoms with E-state index in [0.29, 0.717) is 36.7 Å². The first-order chi connectivity index (χ1) is 13.6. The van der Waals surface area contributed by atoms with Gasteiger partial charge in [-0.25, -0.2) is 0 Å². The number of unbranched alkanes of at least 4 members (excludes halogenated alkanes) is 1. The lowest BCUT2D eigenvalue weighted by Crippen LogP contribution is -2.37. The molecule has 0 bridgehead atoms. The summed E-state index contributed by atoms with van der Waals surface area (Å²) in [5.41, 5.74) is 3.06. The molecule has 1 aromatic rings. The average Bonchev–Trinajstić information content (AvgIpc) is 2.68. The normalized spacial score (nSPS) is 21.8. The number of carbonyl (C=O) groups is 2. The molecular weight excluding hydrogens is 354 g/mol. The van der Waals surface area contributed by atoms with Crippen molar-refractivity contribution in [1.29, 1.82) is 0 Å². The van der Waals surface area contributed by atoms with Crippen LogP contribution in [0.15, 0.2) is 40.5 Å². The number of ether oxygens (including phenoxy) is 2. The zero-order valence-electron chi connectivity index (χ0n) is 17.0. The molecule has 1 unspecified atom stereocenters. The van der Waals surface area contributed by atoms with Gasteiger partial charge in [0.05, 0.1) is 13.2 Å². The van der Waals surface area contributed by atoms with Crippen LogP contribution in [-0.4, -0.2) is 30.7 Å². The molecule has 0 saturated carbocycles. The highest BCUT2D eigenvalue weighted by Gasteiger charge is 2.44. The fraction of sp³-hybridized carbons (Fsp3) is 0.522. The van der Waals surface area contributed by atoms with Crippen molar-refractivity contribution in [2.75, 3.05) is 13.2 Å². The van der Waals surface area contributed by atoms with E-state index in [4.69, 9.17) is 9.47 Å². The lowest BCUT2D eigenvalue weighted by Gasteiger charge is -2.35. The van der Waals surface area contributed by atoms with E-state index in [0.717, 1.165) is 36.9 Å². The molecule has 1 aliphatic carbocycles. The van der Waals surface area contributed by atoms with Crippen molar-refractivity contribution in [3.05, 3.63) is 41.1 Å². The van der Waals surface area contributed by atoms with Crippen LogP contribution in [0.4, 0.5) is 0 Å². The van der Waals surface area contributed by atoms with Crippen LogP contribution in [0, 0.1) is 5.92 Å². The number of para-hydroxylation sites is 1. The van der Waals surface area contributed by atoms with Gasteiger partial charge in [0.1, 0.15) is 11.7 Å². The Balaban J connectivity index is 2.08. The van der Waals surface area contributed by atoms with Gasteiger partial charge in [-0.2, -0.15) is 0 Å². The molecule has 0 aromatic heterocycles. The van der Waals surface area contributed by atoms with Crippen molar-refractivity contribution in [1.82, 2.24) is 0 Å². The van der Waals surface area contributed by atoms with Crippen LogP contribution in [-0.2, 0) is 14.3 Å². The highest BCUT2D eigenvalue weighted by molar-refractivity contribution is 6.09. The van der Waals surface area contributed by atoms with E-state index in [1.807, 2.05) is 38.1 Å². The number of esters is 1. The van der Waals surface area contributed by atoms with Crippen LogP contribution < -0.4 is 4.74 Å². The number of hydrogen-bond acceptors (Lipinski definition) is 5. The molecular formula is C23H29NO4. The standard InChI is InChI=1S/C23H29NO4/c1-4-6-14-28-23(26)20-15(3)24-17-11-9-12-18(25)22(17)21(20)16-10-7-8-13-19(16)27-5-2/h7-8,10,13,20-21H,4-6,9,11-12,14H2,1-3H3/t20?,21-/m1/s1. The summed E-state index contributed by atoms with van der Waals surface area (Å²) in [6.45, 7) is 6.75. The third-order valence-electron chi connectivity index (χ3n) is 5.38. The number of allylic oxidation sites excluding steroid dienone is 2. The number of benzene rings is 1. The Hall–Kier alpha value is -2.43. The van der Waals surface area contributed by atoms with Gasteiger partial charge in [-0.05, 0) is 39.2 Å². The molecule has 0 fully saturated rings. The van der Waals surface area contributed by atoms with Crippen LogP contribution in [0.5, 0.6) is 5.75 Å². The molecule has 5 heteroatoms. The van der Waals surface area contributed by atoms with Crippen molar-refractivity contribution in [2.45, 2.75) is 58.8 Å². The van der Waals surface area contributed by atoms with Crippen LogP contribution >= 0.6 is 0 Å². The van der Waals surface area contributed by atoms with Gasteiger partial charge in [0.15, 0.2) is 5.78 Å². The molecule has 3 rings (SSSR count). The molecule has 2 aliphatic rings. The fourth-order valence-corrected chi connectivity index (χ4v) is 4.08. The van der Waals surface area contributed by atoms with Crippen molar-refractivity contribution in [3.8, 4) is 5.75 Å². The molecule has 28 heavy (non-hydrogen) atoms. The molecule has 1 heterocycles. The Morgan fingerprint density at radius 1 is 1.21 bits per heavy atom. The number of rotatable bonds is 7. The highest BCUT2D eigenvalue weighted by atomic mass is 16.5. The number of aliphatic imine (C=N–C) groups is 1. The van der Waals surface area contributed by atoms with Crippen molar-refractivity contribution < 1.29 is 19.1 Å². The number of Topliss-reactive ketones (excluding diaryl/α,β-unsaturated/α-hetero) is 1. The summed E-state index contributed by atoms with van der Waals surface area (Å²) >= 11 is 0. The molecule has 2 atom stereocenters. The van der Waals surface area contributed by atoms with E-state index >= 15 is 0 Å². The minimum absolute atomic E-state index is 0.0835. The topological polar surface area (TPSA) is 65.0 Å². The quantitative estimate of drug-likeness (QED) is 0.509. The van der Waals surface area contributed by atoms with Crippen LogP contribution in [0.3, 0.4) is 0 Å². The minimum Gasteiger partial charge on any atom is -0.494 e. The zero-order valence-corrected chi connectivity index (χ0v) is 17.0. The van der Waals surface area contributed by atoms with Gasteiger partial charge in [-0.3, -0.25) is 14.6 Å². The van der Waals surface area contributed by atoms with E-state index in [1.165, 1.54) is 0 Å². The predicted octanol–water partition coefficient (Wildman–Crippen LogP) is 4.61. The van der Waals surface area contributed by atoms with E-state index in [1.54, 1.807) is 0 Å². The van der Waals surface area contributed by atoms with E-state index in [9.17, 15) is 9.59 Å². The van der Waals surface area contributed by atoms with Crippen LogP contribution in [0.25, 0.3) is 0 Å². The number of nitrogens with zero attached hydrogens (tertiary/aromatic N) is 1. The average molecular weight is 383 g/mol. The molecule has 0 amide bonds. The molecule has 1 aromatic carbocycles. The highest BCUT2D eigenvalue weighted by Crippen LogP contribution is 2.46. The van der Waals surface area contributed by atoms with Gasteiger partial charge in [0.2, 0.25) is 0 Å². The summed E-state index contributed by atoms with van der Waals surface area (Å²) in [7, 11) is 0. The summed E-state index contributed by atoms with van der Waals surface area (Å²) in [5, 5.41) is 0. The smallest absolute Gasteiger partial charge is 0.315 e. The Morgan fingerprint density at radius 3 is 2.75 bits per heavy atom. The predicted molar refractivity (Wildman–Crippen MR) is 109 cm³/mol. The first kappa shape index (κ1) is 20.3. The van der Waals surface area contributed by atoms with Gasteiger partial charge in [-0.1, -0.05) is 31.5 Å². The summed E-state index contributed by atoms with van der Waals surface area (Å²) in [6, 6.07) is 7.68. The minimum atomic E-state index is -0.598. The van der Waals surface area contributed by atoms with E-state index in [-0.39, 0.29) is 11.8 Å². The van der Waals surface area contributed by atoms with Crippen LogP contribution in [0.2, 0.25) is 0 Å². The van der Waals surface area contributed by atoms with Gasteiger partial charge in [-0.15, -0.1) is 0 Å². The fourth-order valence-electron chi connectivity index (χ4n) is 4.08. The molecule has 5 nitrogen and oxygen atoms in total. The SMILES string of the molecule is CCCCOC(=O)C1C(C)=NC2=C(C(=O)CCC2)[C@@H]1c1ccccc1OCC. The monoisotopic (exact) mass is 383 g/mol. The maximum atomic E-state index is 13.0. The van der Waals surface area contributed by atoms with Crippen molar-refractivity contribution >= 4 is 17.5 Å². The number of hydrogen-bond donors (Lipinski definition) is 0. The molecule has 0 saturated heterocycles. The van der Waals surface area contributed by atoms with Crippen molar-refractivity contribution in [2.24, 2.45) is 10.9 Å². The number of ketones is 1. The maximum absolute atomic E-state index is 13.0. The summed E-state index contributed by atoms with van der Waals surface area (Å²) in [4.78, 5) is 30.6. The van der Waals surface area contributed by atoms with E-state index < -0.39 is 11.8 Å². The van der Waals surface area contributed by atoms with Gasteiger partial charge in [0.25, 0.3) is 0 Å². The molecule has 0 spiro atoms. The Bertz CT molecular complexity index is 809. The van der Waals surface area contributed by atoms with Gasteiger partial charge in [0, 0.05) is 34.9 Å². The second kappa shape index (κ2) is 9.18. The van der Waals surface area contributed by atoms with Crippen LogP contribution in [0.1, 0.15) is 64.4 Å². The summed E-state index contributed by atoms with van der Waals surface area (Å²) < 4.78 is 11.4. The summed E-state index contributed by atoms with van der Waals surface area (Å²) in [5.74, 6) is -0.520. The lowest BCUT2D eigenvalue weighted by molar-refractivity contribution is -0.146. The van der Waals surface area contributed by atoms with Gasteiger partial charge >= 0.3 is 5.97 Å². The maximum Gasteiger partial charge on any atom is 0.315 e. The molecule has 0 N–H and O–H groups in total. The lowest BCUT2D eigenvalue weighted by atomic mass is 9.71. The Morgan fingerprint density at radius 2 is 2.00 bits per heavy atom. The first-order valence-corrected chi connectivity index (χ1v) is 10.3. The number of carbonyl (C=O) groups excluding carboxylic acids is 2. The first-order valence-electron chi connectivity index (χ1n) is 10.3. The second-order valence-corrected chi connectivity index (χ2v) is 7.34. The largest absolute Gasteiger partial charge is 0.494 e. The summed E-state index contributed by atoms with van der Waals surface area (Å²) in [6.07, 6.45) is 3.85. The second-order valence-electron chi connectivity index (χ2n) is 7.34. The zero-order chi connectivity index (χ0) is 20.1. The molecule has 150 valence electrons. The molecule has 0 radical (unpaired) electrons. The van der Waals surface area contributed by atoms with E-state index in [2.05, 4.69) is 11.9 Å².